The number of nitrogens with zero attached hydrogens (tertiary/aromatic N) is 3. The Labute approximate surface area is 119 Å². The largest absolute Gasteiger partial charge is 0.314 e. The molecule has 0 saturated carbocycles. The fourth-order valence-electron chi connectivity index (χ4n) is 3.73. The summed E-state index contributed by atoms with van der Waals surface area (Å²) in [6, 6.07) is 1.44. The van der Waals surface area contributed by atoms with Gasteiger partial charge in [-0.2, -0.15) is 0 Å². The van der Waals surface area contributed by atoms with Crippen LogP contribution in [0.15, 0.2) is 0 Å². The van der Waals surface area contributed by atoms with Gasteiger partial charge in [0.05, 0.1) is 0 Å². The van der Waals surface area contributed by atoms with Gasteiger partial charge in [0.25, 0.3) is 0 Å². The fourth-order valence-corrected chi connectivity index (χ4v) is 3.73. The number of piperazine rings is 1. The van der Waals surface area contributed by atoms with Crippen molar-refractivity contribution in [3.05, 3.63) is 0 Å². The van der Waals surface area contributed by atoms with Crippen molar-refractivity contribution in [3.8, 4) is 0 Å². The van der Waals surface area contributed by atoms with Crippen molar-refractivity contribution in [2.45, 2.75) is 31.8 Å². The first kappa shape index (κ1) is 15.2. The van der Waals surface area contributed by atoms with E-state index in [1.165, 1.54) is 39.0 Å². The molecule has 0 amide bonds. The van der Waals surface area contributed by atoms with Gasteiger partial charge in [0, 0.05) is 44.8 Å². The van der Waals surface area contributed by atoms with Crippen LogP contribution < -0.4 is 5.32 Å². The lowest BCUT2D eigenvalue weighted by molar-refractivity contribution is 0.119. The Morgan fingerprint density at radius 3 is 2.42 bits per heavy atom. The predicted octanol–water partition coefficient (Wildman–Crippen LogP) is 0.552. The van der Waals surface area contributed by atoms with E-state index in [1.54, 1.807) is 0 Å². The first-order valence-electron chi connectivity index (χ1n) is 7.87. The highest BCUT2D eigenvalue weighted by Crippen LogP contribution is 2.25. The van der Waals surface area contributed by atoms with Crippen molar-refractivity contribution in [3.63, 3.8) is 0 Å². The molecule has 2 aliphatic rings. The summed E-state index contributed by atoms with van der Waals surface area (Å²) in [6.45, 7) is 9.71. The van der Waals surface area contributed by atoms with Gasteiger partial charge in [0.15, 0.2) is 0 Å². The lowest BCUT2D eigenvalue weighted by Gasteiger charge is -2.38. The van der Waals surface area contributed by atoms with Crippen LogP contribution in [-0.4, -0.2) is 87.2 Å². The van der Waals surface area contributed by atoms with E-state index >= 15 is 0 Å². The van der Waals surface area contributed by atoms with E-state index < -0.39 is 0 Å². The van der Waals surface area contributed by atoms with Crippen LogP contribution in [-0.2, 0) is 0 Å². The second kappa shape index (κ2) is 7.02. The minimum absolute atomic E-state index is 0.709. The summed E-state index contributed by atoms with van der Waals surface area (Å²) in [4.78, 5) is 7.60. The normalized spacial score (nSPS) is 29.8. The topological polar surface area (TPSA) is 21.8 Å². The summed E-state index contributed by atoms with van der Waals surface area (Å²) in [7, 11) is 6.77. The van der Waals surface area contributed by atoms with Crippen molar-refractivity contribution < 1.29 is 0 Å². The second-order valence-electron chi connectivity index (χ2n) is 6.71. The zero-order valence-electron chi connectivity index (χ0n) is 13.2. The third-order valence-corrected chi connectivity index (χ3v) is 4.99. The molecule has 0 aromatic rings. The Morgan fingerprint density at radius 1 is 1.21 bits per heavy atom. The number of likely N-dealkylation sites (tertiary alicyclic amines) is 1. The molecule has 2 heterocycles. The van der Waals surface area contributed by atoms with E-state index in [1.807, 2.05) is 0 Å². The minimum atomic E-state index is 0.709. The Balaban J connectivity index is 1.88. The zero-order valence-corrected chi connectivity index (χ0v) is 13.2. The average molecular weight is 268 g/mol. The molecular formula is C15H32N4. The standard InChI is InChI=1S/C15H32N4/c1-13(19-9-6-16-7-10-19)11-15(17(2)3)14-5-8-18(4)12-14/h13-16H,5-12H2,1-4H3. The number of rotatable bonds is 5. The van der Waals surface area contributed by atoms with Crippen molar-refractivity contribution in [2.75, 3.05) is 60.4 Å². The lowest BCUT2D eigenvalue weighted by atomic mass is 9.91. The Kier molecular flexibility index (Phi) is 5.63. The molecule has 4 heteroatoms. The van der Waals surface area contributed by atoms with Crippen LogP contribution in [0.5, 0.6) is 0 Å². The van der Waals surface area contributed by atoms with Gasteiger partial charge in [-0.05, 0) is 53.4 Å². The number of hydrogen-bond donors (Lipinski definition) is 1. The smallest absolute Gasteiger partial charge is 0.0145 e. The molecule has 2 rings (SSSR count). The first-order valence-corrected chi connectivity index (χ1v) is 7.87. The van der Waals surface area contributed by atoms with Crippen molar-refractivity contribution >= 4 is 0 Å². The van der Waals surface area contributed by atoms with Crippen LogP contribution >= 0.6 is 0 Å². The van der Waals surface area contributed by atoms with E-state index in [2.05, 4.69) is 48.1 Å². The number of hydrogen-bond acceptors (Lipinski definition) is 4. The number of nitrogens with one attached hydrogen (secondary N) is 1. The molecule has 4 nitrogen and oxygen atoms in total. The van der Waals surface area contributed by atoms with Gasteiger partial charge in [-0.1, -0.05) is 0 Å². The van der Waals surface area contributed by atoms with Crippen LogP contribution in [0, 0.1) is 5.92 Å². The maximum absolute atomic E-state index is 3.45. The first-order chi connectivity index (χ1) is 9.08. The molecule has 0 bridgehead atoms. The van der Waals surface area contributed by atoms with E-state index in [0.717, 1.165) is 25.0 Å². The molecule has 1 N–H and O–H groups in total. The van der Waals surface area contributed by atoms with Gasteiger partial charge >= 0.3 is 0 Å². The summed E-state index contributed by atoms with van der Waals surface area (Å²) in [6.07, 6.45) is 2.68. The summed E-state index contributed by atoms with van der Waals surface area (Å²) in [5.74, 6) is 0.852. The zero-order chi connectivity index (χ0) is 13.8. The Hall–Kier alpha value is -0.160. The molecule has 2 saturated heterocycles. The molecule has 0 aliphatic carbocycles. The van der Waals surface area contributed by atoms with Crippen LogP contribution in [0.1, 0.15) is 19.8 Å². The highest BCUT2D eigenvalue weighted by Gasteiger charge is 2.31. The summed E-state index contributed by atoms with van der Waals surface area (Å²) >= 11 is 0. The minimum Gasteiger partial charge on any atom is -0.314 e. The van der Waals surface area contributed by atoms with Gasteiger partial charge in [-0.25, -0.2) is 0 Å². The second-order valence-corrected chi connectivity index (χ2v) is 6.71. The van der Waals surface area contributed by atoms with Gasteiger partial charge in [-0.3, -0.25) is 4.90 Å². The molecule has 0 spiro atoms. The molecule has 0 aromatic heterocycles. The van der Waals surface area contributed by atoms with Crippen LogP contribution in [0.4, 0.5) is 0 Å². The van der Waals surface area contributed by atoms with Gasteiger partial charge in [0.1, 0.15) is 0 Å². The van der Waals surface area contributed by atoms with Crippen LogP contribution in [0.3, 0.4) is 0 Å². The fraction of sp³-hybridized carbons (Fsp3) is 1.00. The SMILES string of the molecule is CC(CC(C1CCN(C)C1)N(C)C)N1CCNCC1. The molecular weight excluding hydrogens is 236 g/mol. The van der Waals surface area contributed by atoms with Crippen molar-refractivity contribution in [2.24, 2.45) is 5.92 Å². The van der Waals surface area contributed by atoms with Crippen LogP contribution in [0.2, 0.25) is 0 Å². The van der Waals surface area contributed by atoms with E-state index in [4.69, 9.17) is 0 Å². The molecule has 0 radical (unpaired) electrons. The molecule has 3 atom stereocenters. The third-order valence-electron chi connectivity index (χ3n) is 4.99. The summed E-state index contributed by atoms with van der Waals surface area (Å²) in [5.41, 5.74) is 0. The highest BCUT2D eigenvalue weighted by molar-refractivity contribution is 4.87. The van der Waals surface area contributed by atoms with Crippen molar-refractivity contribution in [1.29, 1.82) is 0 Å². The summed E-state index contributed by atoms with van der Waals surface area (Å²) < 4.78 is 0. The quantitative estimate of drug-likeness (QED) is 0.786. The summed E-state index contributed by atoms with van der Waals surface area (Å²) in [5, 5.41) is 3.45. The lowest BCUT2D eigenvalue weighted by Crippen LogP contribution is -2.50. The molecule has 3 unspecified atom stereocenters. The maximum atomic E-state index is 3.45. The predicted molar refractivity (Wildman–Crippen MR) is 81.6 cm³/mol. The molecule has 112 valence electrons. The molecule has 19 heavy (non-hydrogen) atoms. The third kappa shape index (κ3) is 4.15. The van der Waals surface area contributed by atoms with Gasteiger partial charge in [0.2, 0.25) is 0 Å². The van der Waals surface area contributed by atoms with E-state index in [9.17, 15) is 0 Å². The van der Waals surface area contributed by atoms with Gasteiger partial charge in [-0.15, -0.1) is 0 Å². The van der Waals surface area contributed by atoms with E-state index in [0.29, 0.717) is 6.04 Å². The Morgan fingerprint density at radius 2 is 1.89 bits per heavy atom. The van der Waals surface area contributed by atoms with Crippen molar-refractivity contribution in [1.82, 2.24) is 20.0 Å². The van der Waals surface area contributed by atoms with Crippen LogP contribution in [0.25, 0.3) is 0 Å². The molecule has 0 aromatic carbocycles. The monoisotopic (exact) mass is 268 g/mol. The van der Waals surface area contributed by atoms with Gasteiger partial charge < -0.3 is 15.1 Å². The highest BCUT2D eigenvalue weighted by atomic mass is 15.2. The van der Waals surface area contributed by atoms with E-state index in [-0.39, 0.29) is 0 Å². The Bertz CT molecular complexity index is 263. The average Bonchev–Trinajstić information content (AvgIpc) is 2.82. The maximum Gasteiger partial charge on any atom is 0.0145 e. The molecule has 2 aliphatic heterocycles. The molecule has 2 fully saturated rings.